The Morgan fingerprint density at radius 3 is 2.45 bits per heavy atom. The van der Waals surface area contributed by atoms with Crippen molar-refractivity contribution >= 4 is 29.2 Å². The Hall–Kier alpha value is -6.20. The summed E-state index contributed by atoms with van der Waals surface area (Å²) in [5.74, 6) is 0.165. The van der Waals surface area contributed by atoms with Crippen molar-refractivity contribution < 1.29 is 23.5 Å². The third kappa shape index (κ3) is 7.90. The topological polar surface area (TPSA) is 173 Å². The Bertz CT molecular complexity index is 2470. The zero-order chi connectivity index (χ0) is 42.5. The van der Waals surface area contributed by atoms with Gasteiger partial charge in [-0.1, -0.05) is 6.07 Å². The lowest BCUT2D eigenvalue weighted by atomic mass is 9.92. The molecule has 10 rings (SSSR count). The van der Waals surface area contributed by atoms with Crippen molar-refractivity contribution in [2.45, 2.75) is 76.2 Å². The van der Waals surface area contributed by atoms with E-state index in [0.29, 0.717) is 53.5 Å². The molecule has 3 N–H and O–H groups in total. The van der Waals surface area contributed by atoms with Crippen molar-refractivity contribution in [2.24, 2.45) is 5.92 Å². The molecule has 322 valence electrons. The Labute approximate surface area is 358 Å². The molecular weight excluding hydrogens is 792 g/mol. The van der Waals surface area contributed by atoms with Gasteiger partial charge in [0.05, 0.1) is 30.3 Å². The van der Waals surface area contributed by atoms with Gasteiger partial charge in [0, 0.05) is 92.1 Å². The van der Waals surface area contributed by atoms with Crippen molar-refractivity contribution in [3.8, 4) is 22.6 Å². The lowest BCUT2D eigenvalue weighted by Crippen LogP contribution is -2.61. The number of hydrogen-bond donors (Lipinski definition) is 2. The zero-order valence-corrected chi connectivity index (χ0v) is 34.8. The molecule has 5 aromatic rings. The van der Waals surface area contributed by atoms with E-state index in [-0.39, 0.29) is 35.8 Å². The predicted octanol–water partition coefficient (Wildman–Crippen LogP) is 4.39. The lowest BCUT2D eigenvalue weighted by molar-refractivity contribution is -0.136. The first kappa shape index (κ1) is 39.9. The van der Waals surface area contributed by atoms with Gasteiger partial charge in [0.1, 0.15) is 18.0 Å². The van der Waals surface area contributed by atoms with Crippen LogP contribution in [0.2, 0.25) is 0 Å². The van der Waals surface area contributed by atoms with E-state index in [9.17, 15) is 18.8 Å². The number of nitrogen functional groups attached to an aromatic ring is 1. The van der Waals surface area contributed by atoms with E-state index < -0.39 is 12.1 Å². The molecule has 62 heavy (non-hydrogen) atoms. The van der Waals surface area contributed by atoms with Crippen molar-refractivity contribution in [3.05, 3.63) is 96.0 Å². The number of nitrogens with two attached hydrogens (primary N) is 1. The molecule has 5 aliphatic rings. The van der Waals surface area contributed by atoms with Gasteiger partial charge in [-0.25, -0.2) is 9.37 Å². The molecule has 1 unspecified atom stereocenters. The smallest absolute Gasteiger partial charge is 0.255 e. The summed E-state index contributed by atoms with van der Waals surface area (Å²) in [5, 5.41) is 15.6. The second-order valence-corrected chi connectivity index (χ2v) is 17.4. The number of anilines is 2. The van der Waals surface area contributed by atoms with E-state index in [4.69, 9.17) is 15.6 Å². The third-order valence-corrected chi connectivity index (χ3v) is 13.5. The fourth-order valence-electron chi connectivity index (χ4n) is 9.89. The van der Waals surface area contributed by atoms with Crippen LogP contribution in [0.15, 0.2) is 73.4 Å². The number of imide groups is 1. The molecule has 0 radical (unpaired) electrons. The Kier molecular flexibility index (Phi) is 10.7. The van der Waals surface area contributed by atoms with E-state index in [0.717, 1.165) is 81.0 Å². The molecule has 0 bridgehead atoms. The minimum atomic E-state index is -0.595. The molecule has 8 heterocycles. The molecule has 2 atom stereocenters. The molecule has 4 fully saturated rings. The first-order valence-corrected chi connectivity index (χ1v) is 21.8. The number of aromatic nitrogens is 6. The number of carbonyl (C=O) groups excluding carboxylic acids is 3. The van der Waals surface area contributed by atoms with E-state index in [1.54, 1.807) is 29.6 Å². The fourth-order valence-corrected chi connectivity index (χ4v) is 9.89. The van der Waals surface area contributed by atoms with Gasteiger partial charge in [-0.15, -0.1) is 0 Å². The summed E-state index contributed by atoms with van der Waals surface area (Å²) in [5.41, 5.74) is 11.9. The van der Waals surface area contributed by atoms with E-state index in [1.807, 2.05) is 31.3 Å². The van der Waals surface area contributed by atoms with Crippen molar-refractivity contribution in [2.75, 3.05) is 56.4 Å². The van der Waals surface area contributed by atoms with Crippen LogP contribution < -0.4 is 20.7 Å². The maximum atomic E-state index is 14.3. The van der Waals surface area contributed by atoms with Gasteiger partial charge >= 0.3 is 0 Å². The number of benzene rings is 2. The average molecular weight is 843 g/mol. The minimum absolute atomic E-state index is 0.126. The minimum Gasteiger partial charge on any atom is -0.482 e. The first-order chi connectivity index (χ1) is 30.1. The monoisotopic (exact) mass is 842 g/mol. The SMILES string of the molecule is C[C@@H](Oc1cc(-c2cnn(C3CCN(CC4CCN(C5CN(c6ccc7c(c6)C(=O)N(C6CCC(=O)NC6=O)C7)C5)CC4)CC3)c2)cnc1N)c1cc(F)ccc1-n1nccn1. The van der Waals surface area contributed by atoms with Crippen molar-refractivity contribution in [3.63, 3.8) is 0 Å². The van der Waals surface area contributed by atoms with Crippen LogP contribution in [0, 0.1) is 11.7 Å². The molecule has 16 nitrogen and oxygen atoms in total. The highest BCUT2D eigenvalue weighted by atomic mass is 19.1. The van der Waals surface area contributed by atoms with Crippen molar-refractivity contribution in [1.82, 2.24) is 49.8 Å². The highest BCUT2D eigenvalue weighted by Crippen LogP contribution is 2.36. The van der Waals surface area contributed by atoms with Crippen LogP contribution >= 0.6 is 0 Å². The number of ether oxygens (including phenoxy) is 1. The molecule has 3 amide bonds. The molecular formula is C45H51FN12O4. The van der Waals surface area contributed by atoms with E-state index in [2.05, 4.69) is 52.1 Å². The first-order valence-electron chi connectivity index (χ1n) is 21.8. The number of pyridine rings is 1. The van der Waals surface area contributed by atoms with Gasteiger partial charge in [-0.05, 0) is 100.0 Å². The summed E-state index contributed by atoms with van der Waals surface area (Å²) < 4.78 is 22.7. The molecule has 0 spiro atoms. The summed E-state index contributed by atoms with van der Waals surface area (Å²) in [4.78, 5) is 52.5. The molecule has 5 aliphatic heterocycles. The largest absolute Gasteiger partial charge is 0.482 e. The van der Waals surface area contributed by atoms with Gasteiger partial charge in [0.25, 0.3) is 5.91 Å². The summed E-state index contributed by atoms with van der Waals surface area (Å²) in [6.45, 7) is 9.57. The van der Waals surface area contributed by atoms with Crippen molar-refractivity contribution in [1.29, 1.82) is 0 Å². The summed E-state index contributed by atoms with van der Waals surface area (Å²) in [6, 6.07) is 12.6. The van der Waals surface area contributed by atoms with Gasteiger partial charge in [0.2, 0.25) is 11.8 Å². The zero-order valence-electron chi connectivity index (χ0n) is 34.8. The highest BCUT2D eigenvalue weighted by Gasteiger charge is 2.40. The number of carbonyl (C=O) groups is 3. The molecule has 3 aromatic heterocycles. The second kappa shape index (κ2) is 16.6. The summed E-state index contributed by atoms with van der Waals surface area (Å²) >= 11 is 0. The normalized spacial score (nSPS) is 21.3. The Morgan fingerprint density at radius 1 is 0.887 bits per heavy atom. The number of nitrogens with one attached hydrogen (secondary N) is 1. The fraction of sp³-hybridized carbons (Fsp3) is 0.444. The number of nitrogens with zero attached hydrogens (tertiary/aromatic N) is 10. The van der Waals surface area contributed by atoms with Crippen LogP contribution in [-0.2, 0) is 16.1 Å². The summed E-state index contributed by atoms with van der Waals surface area (Å²) in [7, 11) is 0. The Balaban J connectivity index is 0.676. The highest BCUT2D eigenvalue weighted by molar-refractivity contribution is 6.05. The molecule has 0 saturated carbocycles. The van der Waals surface area contributed by atoms with E-state index in [1.165, 1.54) is 29.8 Å². The standard InChI is InChI=1S/C45H51FN12O4/c1-28(37-19-33(46)3-5-39(37)58-49-12-13-50-58)62-41-18-31(21-48-43(41)47)32-22-51-57(25-32)34-10-14-53(15-11-34)23-29-8-16-54(17-9-29)36-26-55(27-36)35-4-2-30-24-56(45(61)38(30)20-35)40-6-7-42(59)52-44(40)60/h2-5,12-13,18-22,25,28-29,34,36,40H,6-11,14-17,23-24,26-27H2,1H3,(H2,47,48)(H,52,59,60)/t28-,40?/m1/s1. The lowest BCUT2D eigenvalue weighted by Gasteiger charge is -2.49. The second-order valence-electron chi connectivity index (χ2n) is 17.4. The van der Waals surface area contributed by atoms with Crippen LogP contribution in [0.5, 0.6) is 5.75 Å². The molecule has 17 heteroatoms. The predicted molar refractivity (Wildman–Crippen MR) is 228 cm³/mol. The Morgan fingerprint density at radius 2 is 1.68 bits per heavy atom. The number of halogens is 1. The number of hydrogen-bond acceptors (Lipinski definition) is 12. The molecule has 0 aliphatic carbocycles. The maximum absolute atomic E-state index is 14.3. The summed E-state index contributed by atoms with van der Waals surface area (Å²) in [6.07, 6.45) is 13.3. The van der Waals surface area contributed by atoms with Crippen LogP contribution in [-0.4, -0.2) is 120 Å². The van der Waals surface area contributed by atoms with Crippen LogP contribution in [0.1, 0.15) is 79.1 Å². The number of piperidine rings is 3. The van der Waals surface area contributed by atoms with Gasteiger partial charge in [-0.2, -0.15) is 20.1 Å². The number of amides is 3. The number of likely N-dealkylation sites (tertiary alicyclic amines) is 2. The average Bonchev–Trinajstić information content (AvgIpc) is 4.04. The molecule has 4 saturated heterocycles. The van der Waals surface area contributed by atoms with Crippen LogP contribution in [0.3, 0.4) is 0 Å². The van der Waals surface area contributed by atoms with Gasteiger partial charge < -0.3 is 25.2 Å². The van der Waals surface area contributed by atoms with Crippen LogP contribution in [0.4, 0.5) is 15.9 Å². The number of fused-ring (bicyclic) bond motifs is 1. The van der Waals surface area contributed by atoms with Gasteiger partial charge in [-0.3, -0.25) is 29.3 Å². The van der Waals surface area contributed by atoms with Gasteiger partial charge in [0.15, 0.2) is 11.6 Å². The molecule has 2 aromatic carbocycles. The van der Waals surface area contributed by atoms with E-state index >= 15 is 0 Å². The maximum Gasteiger partial charge on any atom is 0.255 e. The number of rotatable bonds is 11. The van der Waals surface area contributed by atoms with Crippen LogP contribution in [0.25, 0.3) is 16.8 Å². The third-order valence-electron chi connectivity index (χ3n) is 13.5. The quantitative estimate of drug-likeness (QED) is 0.180.